The van der Waals surface area contributed by atoms with E-state index in [0.29, 0.717) is 19.6 Å². The van der Waals surface area contributed by atoms with Gasteiger partial charge in [0.15, 0.2) is 5.96 Å². The Balaban J connectivity index is 0.00000320. The molecule has 0 radical (unpaired) electrons. The fraction of sp³-hybridized carbons (Fsp3) is 0.600. The quantitative estimate of drug-likeness (QED) is 0.315. The Kier molecular flexibility index (Phi) is 9.35. The van der Waals surface area contributed by atoms with Gasteiger partial charge in [-0.3, -0.25) is 4.99 Å². The second-order valence-electron chi connectivity index (χ2n) is 7.38. The Morgan fingerprint density at radius 1 is 1.30 bits per heavy atom. The number of sulfonamides is 1. The van der Waals surface area contributed by atoms with Gasteiger partial charge in [0.1, 0.15) is 5.65 Å². The number of pyridine rings is 1. The summed E-state index contributed by atoms with van der Waals surface area (Å²) in [5.41, 5.74) is 3.18. The lowest BCUT2D eigenvalue weighted by molar-refractivity contribution is 0.306. The molecule has 168 valence electrons. The van der Waals surface area contributed by atoms with Gasteiger partial charge in [-0.15, -0.1) is 24.0 Å². The van der Waals surface area contributed by atoms with E-state index >= 15 is 0 Å². The number of hydrogen-bond acceptors (Lipinski definition) is 4. The highest BCUT2D eigenvalue weighted by atomic mass is 127. The standard InChI is InChI=1S/C20H32N6O2S.HI/c1-4-21-20(24-17-9-13-26(14-10-17)29(27,28)5-2)22-11-8-18-15-25-12-6-7-16(3)19(25)23-18;/h6-7,12,15,17H,4-5,8-11,13-14H2,1-3H3,(H2,21,22,24);1H. The van der Waals surface area contributed by atoms with E-state index < -0.39 is 10.0 Å². The lowest BCUT2D eigenvalue weighted by Gasteiger charge is -2.32. The fourth-order valence-corrected chi connectivity index (χ4v) is 4.71. The second kappa shape index (κ2) is 11.3. The lowest BCUT2D eigenvalue weighted by atomic mass is 10.1. The molecule has 0 bridgehead atoms. The Hall–Kier alpha value is -1.40. The van der Waals surface area contributed by atoms with Gasteiger partial charge in [-0.25, -0.2) is 17.7 Å². The summed E-state index contributed by atoms with van der Waals surface area (Å²) in [6.07, 6.45) is 6.41. The molecule has 1 aliphatic rings. The molecule has 0 atom stereocenters. The third-order valence-corrected chi connectivity index (χ3v) is 7.14. The normalized spacial score (nSPS) is 16.4. The van der Waals surface area contributed by atoms with Crippen LogP contribution in [0.5, 0.6) is 0 Å². The van der Waals surface area contributed by atoms with Gasteiger partial charge in [0.2, 0.25) is 10.0 Å². The Bertz CT molecular complexity index is 951. The van der Waals surface area contributed by atoms with Crippen LogP contribution < -0.4 is 10.6 Å². The van der Waals surface area contributed by atoms with Gasteiger partial charge in [0.25, 0.3) is 0 Å². The van der Waals surface area contributed by atoms with E-state index in [0.717, 1.165) is 48.7 Å². The van der Waals surface area contributed by atoms with Gasteiger partial charge < -0.3 is 15.0 Å². The first-order valence-electron chi connectivity index (χ1n) is 10.4. The van der Waals surface area contributed by atoms with Crippen LogP contribution in [0.4, 0.5) is 0 Å². The SMILES string of the molecule is CCNC(=NCCc1cn2cccc(C)c2n1)NC1CCN(S(=O)(=O)CC)CC1.I. The van der Waals surface area contributed by atoms with Crippen molar-refractivity contribution in [3.63, 3.8) is 0 Å². The van der Waals surface area contributed by atoms with Crippen LogP contribution >= 0.6 is 24.0 Å². The van der Waals surface area contributed by atoms with Gasteiger partial charge in [0.05, 0.1) is 11.4 Å². The van der Waals surface area contributed by atoms with Crippen molar-refractivity contribution in [3.8, 4) is 0 Å². The molecular weight excluding hydrogens is 515 g/mol. The summed E-state index contributed by atoms with van der Waals surface area (Å²) >= 11 is 0. The minimum Gasteiger partial charge on any atom is -0.357 e. The number of hydrogen-bond donors (Lipinski definition) is 2. The summed E-state index contributed by atoms with van der Waals surface area (Å²) in [5, 5.41) is 6.75. The van der Waals surface area contributed by atoms with E-state index in [4.69, 9.17) is 9.98 Å². The molecule has 30 heavy (non-hydrogen) atoms. The monoisotopic (exact) mass is 548 g/mol. The number of guanidine groups is 1. The van der Waals surface area contributed by atoms with Gasteiger partial charge in [-0.05, 0) is 45.2 Å². The highest BCUT2D eigenvalue weighted by molar-refractivity contribution is 14.0. The molecule has 0 spiro atoms. The lowest BCUT2D eigenvalue weighted by Crippen LogP contribution is -2.50. The van der Waals surface area contributed by atoms with E-state index in [2.05, 4.69) is 34.2 Å². The zero-order valence-electron chi connectivity index (χ0n) is 18.0. The molecule has 0 amide bonds. The van der Waals surface area contributed by atoms with Crippen molar-refractivity contribution < 1.29 is 8.42 Å². The van der Waals surface area contributed by atoms with Crippen LogP contribution in [0.25, 0.3) is 5.65 Å². The maximum Gasteiger partial charge on any atom is 0.213 e. The predicted octanol–water partition coefficient (Wildman–Crippen LogP) is 2.17. The van der Waals surface area contributed by atoms with E-state index in [-0.39, 0.29) is 35.8 Å². The number of aliphatic imine (C=N–C) groups is 1. The minimum absolute atomic E-state index is 0. The van der Waals surface area contributed by atoms with E-state index in [1.54, 1.807) is 11.2 Å². The maximum absolute atomic E-state index is 12.0. The molecule has 1 saturated heterocycles. The van der Waals surface area contributed by atoms with E-state index in [9.17, 15) is 8.42 Å². The van der Waals surface area contributed by atoms with Gasteiger partial charge >= 0.3 is 0 Å². The molecule has 2 aromatic heterocycles. The van der Waals surface area contributed by atoms with Crippen LogP contribution in [0, 0.1) is 6.92 Å². The van der Waals surface area contributed by atoms with Crippen LogP contribution in [-0.2, 0) is 16.4 Å². The Labute approximate surface area is 196 Å². The summed E-state index contributed by atoms with van der Waals surface area (Å²) in [5.74, 6) is 0.946. The molecule has 3 rings (SSSR count). The van der Waals surface area contributed by atoms with Crippen molar-refractivity contribution in [2.75, 3.05) is 31.9 Å². The van der Waals surface area contributed by atoms with Gasteiger partial charge in [0, 0.05) is 51.0 Å². The van der Waals surface area contributed by atoms with Crippen LogP contribution in [-0.4, -0.2) is 66.0 Å². The Morgan fingerprint density at radius 3 is 2.67 bits per heavy atom. The molecule has 10 heteroatoms. The summed E-state index contributed by atoms with van der Waals surface area (Å²) in [6.45, 7) is 8.35. The van der Waals surface area contributed by atoms with Gasteiger partial charge in [-0.1, -0.05) is 6.07 Å². The number of piperidine rings is 1. The average molecular weight is 548 g/mol. The summed E-state index contributed by atoms with van der Waals surface area (Å²) in [4.78, 5) is 9.39. The fourth-order valence-electron chi connectivity index (χ4n) is 3.58. The topological polar surface area (TPSA) is 91.1 Å². The number of aromatic nitrogens is 2. The largest absolute Gasteiger partial charge is 0.357 e. The first-order chi connectivity index (χ1) is 13.9. The molecule has 1 aliphatic heterocycles. The number of imidazole rings is 1. The average Bonchev–Trinajstić information content (AvgIpc) is 3.13. The summed E-state index contributed by atoms with van der Waals surface area (Å²) in [7, 11) is -3.09. The van der Waals surface area contributed by atoms with Crippen LogP contribution in [0.1, 0.15) is 37.9 Å². The van der Waals surface area contributed by atoms with Gasteiger partial charge in [-0.2, -0.15) is 0 Å². The molecule has 0 aromatic carbocycles. The van der Waals surface area contributed by atoms with E-state index in [1.165, 1.54) is 0 Å². The van der Waals surface area contributed by atoms with Crippen molar-refractivity contribution in [1.29, 1.82) is 0 Å². The highest BCUT2D eigenvalue weighted by Crippen LogP contribution is 2.14. The van der Waals surface area contributed by atoms with Crippen LogP contribution in [0.15, 0.2) is 29.5 Å². The van der Waals surface area contributed by atoms with Crippen LogP contribution in [0.3, 0.4) is 0 Å². The molecule has 3 heterocycles. The number of aryl methyl sites for hydroxylation is 1. The number of rotatable bonds is 7. The van der Waals surface area contributed by atoms with Crippen molar-refractivity contribution in [3.05, 3.63) is 35.8 Å². The van der Waals surface area contributed by atoms with Crippen molar-refractivity contribution in [1.82, 2.24) is 24.3 Å². The third kappa shape index (κ3) is 6.30. The molecule has 2 N–H and O–H groups in total. The first-order valence-corrected chi connectivity index (χ1v) is 12.0. The molecule has 0 saturated carbocycles. The van der Waals surface area contributed by atoms with Crippen molar-refractivity contribution >= 4 is 45.6 Å². The minimum atomic E-state index is -3.09. The molecule has 0 aliphatic carbocycles. The molecular formula is C20H33IN6O2S. The third-order valence-electron chi connectivity index (χ3n) is 5.26. The van der Waals surface area contributed by atoms with Crippen molar-refractivity contribution in [2.24, 2.45) is 4.99 Å². The number of fused-ring (bicyclic) bond motifs is 1. The van der Waals surface area contributed by atoms with E-state index in [1.807, 2.05) is 19.2 Å². The molecule has 2 aromatic rings. The smallest absolute Gasteiger partial charge is 0.213 e. The van der Waals surface area contributed by atoms with Crippen molar-refractivity contribution in [2.45, 2.75) is 46.1 Å². The number of nitrogens with zero attached hydrogens (tertiary/aromatic N) is 4. The Morgan fingerprint density at radius 2 is 2.03 bits per heavy atom. The summed E-state index contributed by atoms with van der Waals surface area (Å²) in [6, 6.07) is 4.32. The highest BCUT2D eigenvalue weighted by Gasteiger charge is 2.26. The maximum atomic E-state index is 12.0. The predicted molar refractivity (Wildman–Crippen MR) is 132 cm³/mol. The number of halogens is 1. The zero-order valence-corrected chi connectivity index (χ0v) is 21.1. The second-order valence-corrected chi connectivity index (χ2v) is 9.64. The first kappa shape index (κ1) is 24.9. The zero-order chi connectivity index (χ0) is 20.9. The summed E-state index contributed by atoms with van der Waals surface area (Å²) < 4.78 is 27.7. The molecule has 8 nitrogen and oxygen atoms in total. The number of nitrogens with one attached hydrogen (secondary N) is 2. The molecule has 0 unspecified atom stereocenters. The molecule has 1 fully saturated rings. The van der Waals surface area contributed by atoms with Crippen LogP contribution in [0.2, 0.25) is 0 Å².